The Morgan fingerprint density at radius 2 is 2.25 bits per heavy atom. The second-order valence-electron chi connectivity index (χ2n) is 3.16. The topological polar surface area (TPSA) is 69.4 Å². The highest BCUT2D eigenvalue weighted by atomic mass is 32.3. The second-order valence-corrected chi connectivity index (χ2v) is 4.64. The predicted octanol–water partition coefficient (Wildman–Crippen LogP) is -0.206. The molecular weight excluding hydrogens is 185 g/mol. The Balaban J connectivity index is 2.41. The molecule has 4 nitrogen and oxygen atoms in total. The molecule has 0 aliphatic carbocycles. The molecule has 0 bridgehead atoms. The Kier molecular flexibility index (Phi) is 2.70. The number of ether oxygens (including phenoxy) is 1. The molecule has 2 N–H and O–H groups in total. The highest BCUT2D eigenvalue weighted by Crippen LogP contribution is 2.20. The normalized spacial score (nSPS) is 30.8. The Bertz CT molecular complexity index is 246. The Labute approximate surface area is 71.1 Å². The van der Waals surface area contributed by atoms with Crippen molar-refractivity contribution in [3.63, 3.8) is 0 Å². The van der Waals surface area contributed by atoms with E-state index in [2.05, 4.69) is 0 Å². The molecule has 0 aromatic carbocycles. The fraction of sp³-hybridized carbons (Fsp3) is 1.00. The molecule has 1 aliphatic rings. The summed E-state index contributed by atoms with van der Waals surface area (Å²) < 4.78 is 37.4. The van der Waals surface area contributed by atoms with E-state index in [9.17, 15) is 12.3 Å². The summed E-state index contributed by atoms with van der Waals surface area (Å²) in [6.45, 7) is 0.853. The Morgan fingerprint density at radius 1 is 1.58 bits per heavy atom. The van der Waals surface area contributed by atoms with Crippen LogP contribution >= 0.6 is 0 Å². The van der Waals surface area contributed by atoms with Gasteiger partial charge in [-0.25, -0.2) is 0 Å². The Hall–Kier alpha value is -0.200. The predicted molar refractivity (Wildman–Crippen MR) is 41.9 cm³/mol. The summed E-state index contributed by atoms with van der Waals surface area (Å²) in [5, 5.41) is 0. The van der Waals surface area contributed by atoms with E-state index in [-0.39, 0.29) is 6.42 Å². The zero-order valence-electron chi connectivity index (χ0n) is 6.62. The number of rotatable bonds is 3. The van der Waals surface area contributed by atoms with Crippen molar-refractivity contribution in [1.29, 1.82) is 0 Å². The van der Waals surface area contributed by atoms with Gasteiger partial charge in [0.05, 0.1) is 12.4 Å². The molecule has 1 saturated heterocycles. The largest absolute Gasteiger partial charge is 0.379 e. The van der Waals surface area contributed by atoms with E-state index in [1.807, 2.05) is 0 Å². The van der Waals surface area contributed by atoms with Crippen LogP contribution in [0.1, 0.15) is 12.8 Å². The van der Waals surface area contributed by atoms with Gasteiger partial charge >= 0.3 is 10.2 Å². The van der Waals surface area contributed by atoms with Crippen LogP contribution in [0.4, 0.5) is 3.89 Å². The average molecular weight is 197 g/mol. The second kappa shape index (κ2) is 3.27. The van der Waals surface area contributed by atoms with Crippen molar-refractivity contribution in [3.05, 3.63) is 0 Å². The summed E-state index contributed by atoms with van der Waals surface area (Å²) in [5.41, 5.74) is 5.07. The third-order valence-corrected chi connectivity index (χ3v) is 2.67. The first-order valence-electron chi connectivity index (χ1n) is 3.70. The lowest BCUT2D eigenvalue weighted by Crippen LogP contribution is -2.41. The highest BCUT2D eigenvalue weighted by molar-refractivity contribution is 7.86. The van der Waals surface area contributed by atoms with Gasteiger partial charge in [-0.05, 0) is 12.8 Å². The lowest BCUT2D eigenvalue weighted by Gasteiger charge is -2.19. The lowest BCUT2D eigenvalue weighted by atomic mass is 9.97. The van der Waals surface area contributed by atoms with Gasteiger partial charge in [0.25, 0.3) is 0 Å². The van der Waals surface area contributed by atoms with Crippen molar-refractivity contribution in [3.8, 4) is 0 Å². The van der Waals surface area contributed by atoms with Gasteiger partial charge in [-0.2, -0.15) is 8.42 Å². The summed E-state index contributed by atoms with van der Waals surface area (Å²) in [5.74, 6) is -0.507. The average Bonchev–Trinajstić information content (AvgIpc) is 2.32. The van der Waals surface area contributed by atoms with E-state index in [0.717, 1.165) is 0 Å². The SMILES string of the molecule is NC1(CCS(=O)(=O)F)CCOC1. The Morgan fingerprint density at radius 3 is 2.67 bits per heavy atom. The molecule has 0 aromatic heterocycles. The first-order valence-corrected chi connectivity index (χ1v) is 5.26. The van der Waals surface area contributed by atoms with Crippen LogP contribution < -0.4 is 5.73 Å². The molecular formula is C6H12FNO3S. The number of hydrogen-bond acceptors (Lipinski definition) is 4. The molecule has 1 rings (SSSR count). The minimum absolute atomic E-state index is 0.131. The van der Waals surface area contributed by atoms with Gasteiger partial charge in [0.1, 0.15) is 0 Å². The molecule has 0 saturated carbocycles. The zero-order valence-corrected chi connectivity index (χ0v) is 7.44. The van der Waals surface area contributed by atoms with Crippen molar-refractivity contribution >= 4 is 10.2 Å². The minimum atomic E-state index is -4.39. The molecule has 1 fully saturated rings. The first-order chi connectivity index (χ1) is 5.41. The van der Waals surface area contributed by atoms with E-state index in [1.54, 1.807) is 0 Å². The van der Waals surface area contributed by atoms with E-state index >= 15 is 0 Å². The van der Waals surface area contributed by atoms with Gasteiger partial charge in [0.15, 0.2) is 0 Å². The molecule has 6 heteroatoms. The standard InChI is InChI=1S/C6H12FNO3S/c7-12(9,10)4-2-6(8)1-3-11-5-6/h1-5,8H2. The van der Waals surface area contributed by atoms with Gasteiger partial charge in [-0.1, -0.05) is 0 Å². The minimum Gasteiger partial charge on any atom is -0.379 e. The van der Waals surface area contributed by atoms with Crippen LogP contribution in [0.2, 0.25) is 0 Å². The van der Waals surface area contributed by atoms with Gasteiger partial charge in [0, 0.05) is 12.1 Å². The summed E-state index contributed by atoms with van der Waals surface area (Å²) in [4.78, 5) is 0. The summed E-state index contributed by atoms with van der Waals surface area (Å²) >= 11 is 0. The molecule has 1 aliphatic heterocycles. The maximum atomic E-state index is 12.1. The molecule has 1 heterocycles. The molecule has 1 atom stereocenters. The van der Waals surface area contributed by atoms with Gasteiger partial charge in [-0.3, -0.25) is 0 Å². The summed E-state index contributed by atoms with van der Waals surface area (Å²) in [6, 6.07) is 0. The first kappa shape index (κ1) is 9.88. The monoisotopic (exact) mass is 197 g/mol. The maximum absolute atomic E-state index is 12.1. The third-order valence-electron chi connectivity index (χ3n) is 1.98. The molecule has 0 spiro atoms. The number of nitrogens with two attached hydrogens (primary N) is 1. The summed E-state index contributed by atoms with van der Waals surface area (Å²) in [7, 11) is -4.39. The molecule has 12 heavy (non-hydrogen) atoms. The van der Waals surface area contributed by atoms with Gasteiger partial charge in [-0.15, -0.1) is 3.89 Å². The quantitative estimate of drug-likeness (QED) is 0.636. The smallest absolute Gasteiger partial charge is 0.302 e. The van der Waals surface area contributed by atoms with E-state index in [0.29, 0.717) is 19.6 Å². The van der Waals surface area contributed by atoms with Crippen molar-refractivity contribution in [1.82, 2.24) is 0 Å². The van der Waals surface area contributed by atoms with Crippen LogP contribution in [0.3, 0.4) is 0 Å². The zero-order chi connectivity index (χ0) is 9.24. The van der Waals surface area contributed by atoms with E-state index < -0.39 is 21.5 Å². The fourth-order valence-corrected chi connectivity index (χ4v) is 1.80. The van der Waals surface area contributed by atoms with Gasteiger partial charge in [0.2, 0.25) is 0 Å². The van der Waals surface area contributed by atoms with Crippen LogP contribution in [0.5, 0.6) is 0 Å². The molecule has 1 unspecified atom stereocenters. The van der Waals surface area contributed by atoms with Crippen LogP contribution in [-0.2, 0) is 15.0 Å². The fourth-order valence-electron chi connectivity index (χ4n) is 1.15. The van der Waals surface area contributed by atoms with Crippen molar-refractivity contribution in [2.45, 2.75) is 18.4 Å². The van der Waals surface area contributed by atoms with Crippen LogP contribution in [0.15, 0.2) is 0 Å². The van der Waals surface area contributed by atoms with Crippen LogP contribution in [0, 0.1) is 0 Å². The molecule has 72 valence electrons. The molecule has 0 aromatic rings. The van der Waals surface area contributed by atoms with E-state index in [1.165, 1.54) is 0 Å². The third kappa shape index (κ3) is 3.04. The van der Waals surface area contributed by atoms with Crippen molar-refractivity contribution in [2.75, 3.05) is 19.0 Å². The number of halogens is 1. The van der Waals surface area contributed by atoms with Gasteiger partial charge < -0.3 is 10.5 Å². The summed E-state index contributed by atoms with van der Waals surface area (Å²) in [6.07, 6.45) is 0.731. The van der Waals surface area contributed by atoms with Crippen LogP contribution in [-0.4, -0.2) is 32.9 Å². The van der Waals surface area contributed by atoms with Crippen molar-refractivity contribution in [2.24, 2.45) is 5.73 Å². The van der Waals surface area contributed by atoms with Crippen LogP contribution in [0.25, 0.3) is 0 Å². The van der Waals surface area contributed by atoms with E-state index in [4.69, 9.17) is 10.5 Å². The maximum Gasteiger partial charge on any atom is 0.302 e. The highest BCUT2D eigenvalue weighted by Gasteiger charge is 2.31. The molecule has 0 amide bonds. The number of hydrogen-bond donors (Lipinski definition) is 1. The van der Waals surface area contributed by atoms with Crippen molar-refractivity contribution < 1.29 is 17.0 Å². The lowest BCUT2D eigenvalue weighted by molar-refractivity contribution is 0.177. The molecule has 0 radical (unpaired) electrons.